The summed E-state index contributed by atoms with van der Waals surface area (Å²) in [6, 6.07) is 16.5. The minimum absolute atomic E-state index is 0.0423. The number of aromatic amines is 1. The summed E-state index contributed by atoms with van der Waals surface area (Å²) in [7, 11) is 0. The van der Waals surface area contributed by atoms with Crippen LogP contribution in [0.3, 0.4) is 0 Å². The van der Waals surface area contributed by atoms with Crippen LogP contribution in [0.15, 0.2) is 73.2 Å². The highest BCUT2D eigenvalue weighted by atomic mass is 32.2. The van der Waals surface area contributed by atoms with Crippen molar-refractivity contribution < 1.29 is 19.1 Å². The summed E-state index contributed by atoms with van der Waals surface area (Å²) in [5.41, 5.74) is 12.0. The molecule has 2 fully saturated rings. The molecule has 5 rings (SSSR count). The number of nitrogens with two attached hydrogens (primary N) is 1. The van der Waals surface area contributed by atoms with Crippen LogP contribution in [0.1, 0.15) is 78.1 Å². The molecule has 2 amide bonds. The summed E-state index contributed by atoms with van der Waals surface area (Å²) < 4.78 is 10.8. The van der Waals surface area contributed by atoms with Crippen molar-refractivity contribution in [3.63, 3.8) is 0 Å². The summed E-state index contributed by atoms with van der Waals surface area (Å²) in [6.07, 6.45) is 5.66. The van der Waals surface area contributed by atoms with Crippen molar-refractivity contribution in [2.75, 3.05) is 25.4 Å². The second-order valence-corrected chi connectivity index (χ2v) is 16.1. The van der Waals surface area contributed by atoms with Crippen molar-refractivity contribution in [1.29, 1.82) is 0 Å². The van der Waals surface area contributed by atoms with Crippen molar-refractivity contribution in [1.82, 2.24) is 25.5 Å². The van der Waals surface area contributed by atoms with E-state index < -0.39 is 11.2 Å². The number of carbonyl (C=O) groups excluding carboxylic acids is 2. The van der Waals surface area contributed by atoms with Gasteiger partial charge in [-0.15, -0.1) is 11.8 Å². The number of H-pyrrole nitrogens is 1. The average molecular weight is 687 g/mol. The van der Waals surface area contributed by atoms with Crippen molar-refractivity contribution >= 4 is 29.6 Å². The van der Waals surface area contributed by atoms with Crippen LogP contribution in [0.2, 0.25) is 0 Å². The van der Waals surface area contributed by atoms with Gasteiger partial charge in [0, 0.05) is 55.0 Å². The fraction of sp³-hybridized carbons (Fsp3) is 0.447. The summed E-state index contributed by atoms with van der Waals surface area (Å²) in [6.45, 7) is 17.3. The molecule has 1 unspecified atom stereocenters. The molecule has 0 spiro atoms. The highest BCUT2D eigenvalue weighted by Crippen LogP contribution is 2.52. The third-order valence-electron chi connectivity index (χ3n) is 8.43. The lowest BCUT2D eigenvalue weighted by Gasteiger charge is -2.24. The van der Waals surface area contributed by atoms with Gasteiger partial charge in [0.15, 0.2) is 0 Å². The lowest BCUT2D eigenvalue weighted by Crippen LogP contribution is -2.35. The van der Waals surface area contributed by atoms with Crippen LogP contribution >= 0.6 is 11.8 Å². The molecule has 0 radical (unpaired) electrons. The zero-order valence-electron chi connectivity index (χ0n) is 29.5. The topological polar surface area (TPSA) is 135 Å². The van der Waals surface area contributed by atoms with E-state index in [-0.39, 0.29) is 22.9 Å². The summed E-state index contributed by atoms with van der Waals surface area (Å²) in [5, 5.41) is 6.15. The molecule has 0 saturated carbocycles. The molecule has 2 aromatic carbocycles. The van der Waals surface area contributed by atoms with E-state index in [9.17, 15) is 9.59 Å². The Kier molecular flexibility index (Phi) is 10.7. The van der Waals surface area contributed by atoms with E-state index in [1.54, 1.807) is 4.90 Å². The lowest BCUT2D eigenvalue weighted by molar-refractivity contribution is 0.0291. The van der Waals surface area contributed by atoms with Crippen LogP contribution < -0.4 is 16.4 Å². The predicted molar refractivity (Wildman–Crippen MR) is 198 cm³/mol. The van der Waals surface area contributed by atoms with Gasteiger partial charge in [-0.05, 0) is 77.5 Å². The molecule has 2 saturated heterocycles. The fourth-order valence-electron chi connectivity index (χ4n) is 5.67. The molecule has 0 bridgehead atoms. The fourth-order valence-corrected chi connectivity index (χ4v) is 6.69. The molecule has 1 aromatic heterocycles. The van der Waals surface area contributed by atoms with E-state index in [4.69, 9.17) is 20.2 Å². The summed E-state index contributed by atoms with van der Waals surface area (Å²) in [5.74, 6) is 2.04. The van der Waals surface area contributed by atoms with E-state index in [1.807, 2.05) is 77.8 Å². The molecule has 2 aliphatic heterocycles. The second kappa shape index (κ2) is 14.6. The summed E-state index contributed by atoms with van der Waals surface area (Å²) >= 11 is 1.85. The Bertz CT molecular complexity index is 1660. The van der Waals surface area contributed by atoms with E-state index in [0.717, 1.165) is 64.5 Å². The third-order valence-corrected chi connectivity index (χ3v) is 9.86. The van der Waals surface area contributed by atoms with Crippen LogP contribution in [0, 0.1) is 0 Å². The van der Waals surface area contributed by atoms with Crippen LogP contribution in [0.4, 0.5) is 9.59 Å². The molecule has 2 aliphatic rings. The van der Waals surface area contributed by atoms with Gasteiger partial charge in [-0.3, -0.25) is 0 Å². The van der Waals surface area contributed by atoms with Gasteiger partial charge in [0.2, 0.25) is 0 Å². The van der Waals surface area contributed by atoms with E-state index in [1.165, 1.54) is 0 Å². The number of likely N-dealkylation sites (tertiary alicyclic amines) is 1. The van der Waals surface area contributed by atoms with Gasteiger partial charge in [0.25, 0.3) is 0 Å². The first-order valence-electron chi connectivity index (χ1n) is 16.9. The van der Waals surface area contributed by atoms with Crippen LogP contribution in [0.25, 0.3) is 28.1 Å². The van der Waals surface area contributed by atoms with Crippen LogP contribution in [0.5, 0.6) is 0 Å². The van der Waals surface area contributed by atoms with Gasteiger partial charge in [0.05, 0.1) is 16.1 Å². The monoisotopic (exact) mass is 686 g/mol. The standard InChI is InChI=1S/C38H50N6O4S/c1-25(38(24-49-38)18-8-19-40-34(45)47-36(2,3)4)41-21-31(39)28-13-9-26(10-14-28)27-11-15-29(16-12-27)32-22-42-33(43-32)30-17-20-44(23-30)35(46)48-37(5,6)7/h9-16,21-22,30,41H,1,8,17-20,23-24,39H2,2-7H3,(H,40,45)(H,42,43)/b31-21-/t30?,38-/m0/s1. The first-order chi connectivity index (χ1) is 23.1. The van der Waals surface area contributed by atoms with Gasteiger partial charge in [-0.25, -0.2) is 14.6 Å². The van der Waals surface area contributed by atoms with Crippen molar-refractivity contribution in [3.8, 4) is 22.4 Å². The molecule has 3 heterocycles. The number of hydrogen-bond acceptors (Lipinski definition) is 8. The number of nitrogens with zero attached hydrogens (tertiary/aromatic N) is 2. The normalized spacial score (nSPS) is 19.3. The number of thioether (sulfide) groups is 1. The van der Waals surface area contributed by atoms with Gasteiger partial charge in [-0.2, -0.15) is 0 Å². The van der Waals surface area contributed by atoms with E-state index in [0.29, 0.717) is 25.3 Å². The van der Waals surface area contributed by atoms with Crippen molar-refractivity contribution in [3.05, 3.63) is 84.6 Å². The smallest absolute Gasteiger partial charge is 0.410 e. The highest BCUT2D eigenvalue weighted by molar-refractivity contribution is 8.08. The molecule has 49 heavy (non-hydrogen) atoms. The molecule has 2 atom stereocenters. The van der Waals surface area contributed by atoms with Gasteiger partial charge in [-0.1, -0.05) is 55.1 Å². The van der Waals surface area contributed by atoms with Gasteiger partial charge < -0.3 is 35.7 Å². The number of aromatic nitrogens is 2. The number of hydrogen-bond donors (Lipinski definition) is 4. The molecule has 5 N–H and O–H groups in total. The second-order valence-electron chi connectivity index (χ2n) is 14.8. The zero-order valence-corrected chi connectivity index (χ0v) is 30.3. The highest BCUT2D eigenvalue weighted by Gasteiger charge is 2.46. The SMILES string of the molecule is C=C(N/C=C(\N)c1ccc(-c2ccc(-c3c[nH]c(C4CCN(C(=O)OC(C)(C)C)C4)n3)cc2)cc1)[C@]1(CCCNC(=O)OC(C)(C)C)CS1. The predicted octanol–water partition coefficient (Wildman–Crippen LogP) is 7.62. The largest absolute Gasteiger partial charge is 0.444 e. The first kappa shape index (κ1) is 35.9. The van der Waals surface area contributed by atoms with E-state index >= 15 is 0 Å². The molecule has 10 nitrogen and oxygen atoms in total. The van der Waals surface area contributed by atoms with E-state index in [2.05, 4.69) is 58.6 Å². The maximum Gasteiger partial charge on any atom is 0.410 e. The number of imidazole rings is 1. The number of carbonyl (C=O) groups is 2. The maximum absolute atomic E-state index is 12.5. The Morgan fingerprint density at radius 1 is 1.04 bits per heavy atom. The quantitative estimate of drug-likeness (QED) is 0.120. The van der Waals surface area contributed by atoms with Crippen molar-refractivity contribution in [2.24, 2.45) is 5.73 Å². The van der Waals surface area contributed by atoms with Crippen molar-refractivity contribution in [2.45, 2.75) is 82.7 Å². The average Bonchev–Trinajstić information content (AvgIpc) is 3.41. The number of alkyl carbamates (subject to hydrolysis) is 1. The van der Waals surface area contributed by atoms with Gasteiger partial charge in [0.1, 0.15) is 17.0 Å². The Morgan fingerprint density at radius 3 is 2.27 bits per heavy atom. The maximum atomic E-state index is 12.5. The number of rotatable bonds is 11. The molecular formula is C38H50N6O4S. The molecule has 262 valence electrons. The summed E-state index contributed by atoms with van der Waals surface area (Å²) in [4.78, 5) is 34.3. The molecule has 3 aromatic rings. The number of benzene rings is 2. The Morgan fingerprint density at radius 2 is 1.65 bits per heavy atom. The Balaban J connectivity index is 1.10. The third kappa shape index (κ3) is 9.84. The van der Waals surface area contributed by atoms with Crippen LogP contribution in [-0.4, -0.2) is 68.4 Å². The molecular weight excluding hydrogens is 637 g/mol. The number of nitrogens with one attached hydrogen (secondary N) is 3. The zero-order chi connectivity index (χ0) is 35.4. The van der Waals surface area contributed by atoms with Crippen LogP contribution in [-0.2, 0) is 9.47 Å². The van der Waals surface area contributed by atoms with Gasteiger partial charge >= 0.3 is 12.2 Å². The minimum atomic E-state index is -0.509. The number of amides is 2. The Labute approximate surface area is 294 Å². The minimum Gasteiger partial charge on any atom is -0.444 e. The lowest BCUT2D eigenvalue weighted by atomic mass is 10.0. The first-order valence-corrected chi connectivity index (χ1v) is 17.9. The molecule has 0 aliphatic carbocycles. The Hall–Kier alpha value is -4.38. The molecule has 11 heteroatoms. The number of ether oxygens (including phenoxy) is 2.